The van der Waals surface area contributed by atoms with Crippen LogP contribution in [0.2, 0.25) is 0 Å². The molecule has 8 heterocycles. The Morgan fingerprint density at radius 3 is 1.10 bits per heavy atom. The summed E-state index contributed by atoms with van der Waals surface area (Å²) < 4.78 is 71.4. The molecular weight excluding hydrogens is 1930 g/mol. The number of nitrogens with zero attached hydrogens (tertiary/aromatic N) is 9. The van der Waals surface area contributed by atoms with Crippen molar-refractivity contribution in [3.8, 4) is 34.5 Å². The first-order valence-electron chi connectivity index (χ1n) is 49.0. The van der Waals surface area contributed by atoms with Crippen molar-refractivity contribution in [2.75, 3.05) is 150 Å². The van der Waals surface area contributed by atoms with Crippen LogP contribution in [0, 0.1) is 13.8 Å². The Balaban J connectivity index is 0.000000228. The fourth-order valence-corrected chi connectivity index (χ4v) is 24.2. The van der Waals surface area contributed by atoms with E-state index in [0.29, 0.717) is 203 Å². The molecule has 0 spiro atoms. The van der Waals surface area contributed by atoms with E-state index in [2.05, 4.69) is 52.1 Å². The van der Waals surface area contributed by atoms with Gasteiger partial charge in [0.2, 0.25) is 11.8 Å². The molecule has 0 aromatic heterocycles. The van der Waals surface area contributed by atoms with Crippen molar-refractivity contribution in [2.45, 2.75) is 166 Å². The molecule has 146 heavy (non-hydrogen) atoms. The van der Waals surface area contributed by atoms with Gasteiger partial charge in [-0.15, -0.1) is 0 Å². The van der Waals surface area contributed by atoms with E-state index in [1.165, 1.54) is 5.56 Å². The van der Waals surface area contributed by atoms with E-state index in [1.54, 1.807) is 111 Å². The standard InChI is InChI=1S/C57H64N4O9S2.C56H61N5O9S2.B.Na.H/c1-37-25-46-40(15-16-43-29-41-11-7-9-13-49(41)60(43)55(46)63)31-51(37)69-35-38-26-39(28-44(27-38)59(19-20-67-23-24-68-22-21-65-4)54(62)17-18-57(2,3)72-71-6)36-70-53-33-48-47(32-52(53)66-5)56(64)61-45(34-58-48)30-42-12-8-10-14-50(42)61;1-36-23-44-46(57-32-42-27-39-11-7-9-13-48(39)60(42)54(44)63)30-50(36)69-34-37-24-38(26-41(25-37)59(17-18-67-21-22-68-20-19-65-4)53(62)15-16-56(2,3)72-71-6)35-70-52-31-47-45(29-51(52)66-5)55(64)61-43(33-58-47)28-40-12-8-10-14-49(40)61;;;/h7-14,25-28,31-34,43,45H,15-24,29-30,35-36H2,1-6H3;7-14,23-26,29-33,42-43H,15-22,27-28,34-35H2,1-6H3;;;/q;;;+1;-1/t43?,45-;42-,43-;;;/m00.../s1. The van der Waals surface area contributed by atoms with Crippen LogP contribution in [-0.4, -0.2) is 216 Å². The molecule has 0 fully saturated rings. The monoisotopic (exact) mass is 2060 g/mol. The van der Waals surface area contributed by atoms with Crippen LogP contribution >= 0.6 is 43.2 Å². The van der Waals surface area contributed by atoms with Crippen LogP contribution in [0.3, 0.4) is 0 Å². The Morgan fingerprint density at radius 2 is 0.719 bits per heavy atom. The Bertz CT molecular complexity index is 6510. The van der Waals surface area contributed by atoms with Crippen LogP contribution in [0.4, 0.5) is 51.2 Å². The third-order valence-corrected chi connectivity index (χ3v) is 32.3. The number of fused-ring (bicyclic) bond motifs is 16. The number of ether oxygens (including phenoxy) is 12. The second-order valence-corrected chi connectivity index (χ2v) is 44.1. The van der Waals surface area contributed by atoms with E-state index in [4.69, 9.17) is 71.8 Å². The molecule has 8 aliphatic rings. The average molecular weight is 2060 g/mol. The molecule has 1 unspecified atom stereocenters. The molecule has 10 aromatic carbocycles. The van der Waals surface area contributed by atoms with Gasteiger partial charge in [0.15, 0.2) is 23.0 Å². The van der Waals surface area contributed by atoms with Gasteiger partial charge in [0, 0.05) is 160 Å². The Labute approximate surface area is 896 Å². The fourth-order valence-electron chi connectivity index (χ4n) is 19.7. The summed E-state index contributed by atoms with van der Waals surface area (Å²) in [6, 6.07) is 58.2. The number of benzene rings is 10. The summed E-state index contributed by atoms with van der Waals surface area (Å²) in [6.07, 6.45) is 16.2. The summed E-state index contributed by atoms with van der Waals surface area (Å²) in [5.41, 5.74) is 19.0. The number of aliphatic imine (C=N–C) groups is 3. The Kier molecular flexibility index (Phi) is 37.7. The van der Waals surface area contributed by atoms with Crippen molar-refractivity contribution in [3.05, 3.63) is 265 Å². The number of amides is 6. The van der Waals surface area contributed by atoms with Gasteiger partial charge in [0.1, 0.15) is 37.9 Å². The zero-order chi connectivity index (χ0) is 101. The molecule has 10 aromatic rings. The summed E-state index contributed by atoms with van der Waals surface area (Å²) in [5.74, 6) is 2.47. The van der Waals surface area contributed by atoms with Gasteiger partial charge in [-0.05, 0) is 238 Å². The Morgan fingerprint density at radius 1 is 0.390 bits per heavy atom. The molecule has 33 heteroatoms. The molecule has 0 N–H and O–H groups in total. The van der Waals surface area contributed by atoms with Gasteiger partial charge in [-0.25, -0.2) is 0 Å². The van der Waals surface area contributed by atoms with E-state index in [9.17, 15) is 28.8 Å². The number of anilines is 6. The maximum absolute atomic E-state index is 14.5. The summed E-state index contributed by atoms with van der Waals surface area (Å²) >= 11 is 0. The molecule has 18 rings (SSSR count). The van der Waals surface area contributed by atoms with E-state index < -0.39 is 0 Å². The Hall–Kier alpha value is -10.9. The maximum atomic E-state index is 14.5. The van der Waals surface area contributed by atoms with Crippen molar-refractivity contribution >= 4 is 157 Å². The van der Waals surface area contributed by atoms with Crippen molar-refractivity contribution in [1.29, 1.82) is 0 Å². The zero-order valence-corrected chi connectivity index (χ0v) is 90.6. The van der Waals surface area contributed by atoms with Crippen LogP contribution in [0.15, 0.2) is 197 Å². The number of hydrogen-bond acceptors (Lipinski definition) is 25. The quantitative estimate of drug-likeness (QED) is 0.0195. The molecule has 0 bridgehead atoms. The van der Waals surface area contributed by atoms with Gasteiger partial charge in [-0.1, -0.05) is 116 Å². The van der Waals surface area contributed by atoms with Crippen LogP contribution in [-0.2, 0) is 96.5 Å². The van der Waals surface area contributed by atoms with Crippen LogP contribution in [0.5, 0.6) is 34.5 Å². The summed E-state index contributed by atoms with van der Waals surface area (Å²) in [5, 5.41) is 0. The van der Waals surface area contributed by atoms with Crippen LogP contribution in [0.1, 0.15) is 164 Å². The predicted molar refractivity (Wildman–Crippen MR) is 582 cm³/mol. The number of carbonyl (C=O) groups is 6. The van der Waals surface area contributed by atoms with E-state index in [-0.39, 0.29) is 142 Å². The first kappa shape index (κ1) is 109. The number of methoxy groups -OCH3 is 4. The fraction of sp³-hybridized carbons (Fsp3) is 0.389. The van der Waals surface area contributed by atoms with Gasteiger partial charge in [0.25, 0.3) is 23.6 Å². The number of hydrogen-bond donors (Lipinski definition) is 0. The first-order valence-corrected chi connectivity index (χ1v) is 54.1. The molecule has 8 aliphatic heterocycles. The molecule has 759 valence electrons. The third-order valence-electron chi connectivity index (χ3n) is 27.0. The topological polar surface area (TPSA) is 270 Å². The maximum Gasteiger partial charge on any atom is 1.00 e. The number of carbonyl (C=O) groups excluding carboxylic acids is 6. The molecular formula is C113H126BN9NaO18S4. The molecule has 0 saturated heterocycles. The van der Waals surface area contributed by atoms with Crippen molar-refractivity contribution in [2.24, 2.45) is 15.0 Å². The van der Waals surface area contributed by atoms with Gasteiger partial charge < -0.3 is 73.0 Å². The number of aryl methyl sites for hydroxylation is 3. The van der Waals surface area contributed by atoms with E-state index in [0.717, 1.165) is 97.6 Å². The van der Waals surface area contributed by atoms with Crippen LogP contribution in [0.25, 0.3) is 0 Å². The third kappa shape index (κ3) is 25.6. The second kappa shape index (κ2) is 50.4. The summed E-state index contributed by atoms with van der Waals surface area (Å²) in [7, 11) is 13.3. The van der Waals surface area contributed by atoms with E-state index in [1.807, 2.05) is 193 Å². The van der Waals surface area contributed by atoms with Gasteiger partial charge in [-0.3, -0.25) is 58.4 Å². The normalized spacial score (nSPS) is 16.2. The van der Waals surface area contributed by atoms with E-state index >= 15 is 0 Å². The number of para-hydroxylation sites is 4. The largest absolute Gasteiger partial charge is 1.00 e. The minimum Gasteiger partial charge on any atom is -1.00 e. The minimum atomic E-state index is -0.206. The first-order chi connectivity index (χ1) is 69.9. The molecule has 3 radical (unpaired) electrons. The molecule has 4 atom stereocenters. The number of rotatable bonds is 44. The summed E-state index contributed by atoms with van der Waals surface area (Å²) in [4.78, 5) is 111. The zero-order valence-electron chi connectivity index (χ0n) is 86.3. The summed E-state index contributed by atoms with van der Waals surface area (Å²) in [6.45, 7) is 17.7. The molecule has 27 nitrogen and oxygen atoms in total. The van der Waals surface area contributed by atoms with Gasteiger partial charge >= 0.3 is 29.6 Å². The van der Waals surface area contributed by atoms with Crippen molar-refractivity contribution < 1.29 is 117 Å². The minimum absolute atomic E-state index is 0. The predicted octanol–water partition coefficient (Wildman–Crippen LogP) is 17.6. The van der Waals surface area contributed by atoms with Gasteiger partial charge in [-0.2, -0.15) is 0 Å². The SMILES string of the molecule is COCCOCCOCCN(C(=O)CCC(C)(C)SSC)c1cc(COc2cc3c(cc2C)C(=O)N2c4ccccc4CC2CC3)cc(COc2cc3c(cc2OC)C(=O)N2c4ccccc4C[C@H]2C=N3)c1.COCCOCCOCCN(C(=O)CCC(C)(C)SSC)c1cc(COc2cc3c(cc2C)C(=O)N2c4ccccc4C[C@H]2C=N3)cc(COc2cc3c(cc2OC)C(=O)N2c4ccccc4C[C@H]2C=N3)c1.[B].[H-].[Na+]. The molecule has 0 saturated carbocycles. The smallest absolute Gasteiger partial charge is 1.00 e. The van der Waals surface area contributed by atoms with Gasteiger partial charge in [0.05, 0.1) is 132 Å². The van der Waals surface area contributed by atoms with Crippen molar-refractivity contribution in [3.63, 3.8) is 0 Å². The average Bonchev–Trinajstić information content (AvgIpc) is 1.62. The van der Waals surface area contributed by atoms with Crippen LogP contribution < -0.4 is 87.4 Å². The molecule has 6 amide bonds. The second-order valence-electron chi connectivity index (χ2n) is 37.9. The molecule has 0 aliphatic carbocycles. The van der Waals surface area contributed by atoms with Crippen molar-refractivity contribution in [1.82, 2.24) is 0 Å².